The third-order valence-corrected chi connectivity index (χ3v) is 3.79. The van der Waals surface area contributed by atoms with Crippen LogP contribution in [0, 0.1) is 0 Å². The smallest absolute Gasteiger partial charge is 0.271 e. The molecule has 0 spiro atoms. The second-order valence-electron chi connectivity index (χ2n) is 5.13. The largest absolute Gasteiger partial charge is 0.354 e. The van der Waals surface area contributed by atoms with Crippen molar-refractivity contribution < 1.29 is 4.79 Å². The standard InChI is InChI=1S/C14H23N5O/c1-16-14(20)12-7-8-13(18-17-12)19(10-9-15)11-5-3-2-4-6-11/h7-8,11H,2-6,9-10,15H2,1H3,(H,16,20). The maximum atomic E-state index is 11.5. The maximum absolute atomic E-state index is 11.5. The van der Waals surface area contributed by atoms with Crippen molar-refractivity contribution in [2.45, 2.75) is 38.1 Å². The zero-order valence-electron chi connectivity index (χ0n) is 12.0. The molecule has 0 unspecified atom stereocenters. The molecule has 1 amide bonds. The van der Waals surface area contributed by atoms with Gasteiger partial charge in [-0.25, -0.2) is 0 Å². The number of anilines is 1. The van der Waals surface area contributed by atoms with Gasteiger partial charge < -0.3 is 16.0 Å². The molecule has 2 rings (SSSR count). The molecule has 3 N–H and O–H groups in total. The summed E-state index contributed by atoms with van der Waals surface area (Å²) in [5, 5.41) is 10.7. The number of hydrogen-bond donors (Lipinski definition) is 2. The molecule has 1 aliphatic rings. The molecular formula is C14H23N5O. The summed E-state index contributed by atoms with van der Waals surface area (Å²) in [7, 11) is 1.58. The Hall–Kier alpha value is -1.69. The lowest BCUT2D eigenvalue weighted by Gasteiger charge is -2.34. The van der Waals surface area contributed by atoms with Crippen LogP contribution in [-0.4, -0.2) is 42.3 Å². The van der Waals surface area contributed by atoms with E-state index in [9.17, 15) is 4.79 Å². The van der Waals surface area contributed by atoms with E-state index in [1.807, 2.05) is 6.07 Å². The van der Waals surface area contributed by atoms with Crippen LogP contribution in [-0.2, 0) is 0 Å². The fourth-order valence-electron chi connectivity index (χ4n) is 2.74. The first-order chi connectivity index (χ1) is 9.76. The van der Waals surface area contributed by atoms with Gasteiger partial charge in [-0.2, -0.15) is 0 Å². The molecule has 1 heterocycles. The van der Waals surface area contributed by atoms with Gasteiger partial charge in [-0.15, -0.1) is 10.2 Å². The Balaban J connectivity index is 2.13. The summed E-state index contributed by atoms with van der Waals surface area (Å²) in [5.41, 5.74) is 6.06. The van der Waals surface area contributed by atoms with Crippen molar-refractivity contribution in [2.75, 3.05) is 25.0 Å². The summed E-state index contributed by atoms with van der Waals surface area (Å²) in [6.45, 7) is 1.37. The van der Waals surface area contributed by atoms with Crippen LogP contribution in [0.2, 0.25) is 0 Å². The fourth-order valence-corrected chi connectivity index (χ4v) is 2.74. The molecule has 1 fully saturated rings. The third-order valence-electron chi connectivity index (χ3n) is 3.79. The predicted octanol–water partition coefficient (Wildman–Crippen LogP) is 0.934. The Bertz CT molecular complexity index is 428. The quantitative estimate of drug-likeness (QED) is 0.836. The molecule has 1 saturated carbocycles. The van der Waals surface area contributed by atoms with Crippen molar-refractivity contribution in [3.63, 3.8) is 0 Å². The lowest BCUT2D eigenvalue weighted by atomic mass is 9.94. The van der Waals surface area contributed by atoms with E-state index in [0.29, 0.717) is 18.3 Å². The van der Waals surface area contributed by atoms with Crippen molar-refractivity contribution in [1.29, 1.82) is 0 Å². The number of nitrogens with two attached hydrogens (primary N) is 1. The van der Waals surface area contributed by atoms with Crippen molar-refractivity contribution in [3.8, 4) is 0 Å². The van der Waals surface area contributed by atoms with Crippen LogP contribution in [0.1, 0.15) is 42.6 Å². The zero-order chi connectivity index (χ0) is 14.4. The van der Waals surface area contributed by atoms with Gasteiger partial charge in [-0.1, -0.05) is 19.3 Å². The first-order valence-electron chi connectivity index (χ1n) is 7.28. The van der Waals surface area contributed by atoms with E-state index in [1.165, 1.54) is 32.1 Å². The Morgan fingerprint density at radius 1 is 1.35 bits per heavy atom. The number of rotatable bonds is 5. The van der Waals surface area contributed by atoms with E-state index in [2.05, 4.69) is 20.4 Å². The molecule has 0 atom stereocenters. The van der Waals surface area contributed by atoms with Gasteiger partial charge in [0, 0.05) is 26.2 Å². The van der Waals surface area contributed by atoms with Gasteiger partial charge in [-0.3, -0.25) is 4.79 Å². The van der Waals surface area contributed by atoms with Gasteiger partial charge in [0.1, 0.15) is 0 Å². The summed E-state index contributed by atoms with van der Waals surface area (Å²) < 4.78 is 0. The summed E-state index contributed by atoms with van der Waals surface area (Å²) in [5.74, 6) is 0.599. The van der Waals surface area contributed by atoms with Crippen molar-refractivity contribution in [1.82, 2.24) is 15.5 Å². The highest BCUT2D eigenvalue weighted by molar-refractivity contribution is 5.91. The molecule has 1 aliphatic carbocycles. The lowest BCUT2D eigenvalue weighted by molar-refractivity contribution is 0.0957. The maximum Gasteiger partial charge on any atom is 0.271 e. The predicted molar refractivity (Wildman–Crippen MR) is 78.7 cm³/mol. The molecule has 6 nitrogen and oxygen atoms in total. The van der Waals surface area contributed by atoms with Gasteiger partial charge >= 0.3 is 0 Å². The van der Waals surface area contributed by atoms with Crippen LogP contribution >= 0.6 is 0 Å². The van der Waals surface area contributed by atoms with Crippen molar-refractivity contribution in [2.24, 2.45) is 5.73 Å². The Morgan fingerprint density at radius 3 is 2.65 bits per heavy atom. The highest BCUT2D eigenvalue weighted by atomic mass is 16.1. The average Bonchev–Trinajstić information content (AvgIpc) is 2.53. The van der Waals surface area contributed by atoms with E-state index < -0.39 is 0 Å². The van der Waals surface area contributed by atoms with E-state index >= 15 is 0 Å². The first kappa shape index (κ1) is 14.7. The van der Waals surface area contributed by atoms with Gasteiger partial charge in [0.25, 0.3) is 5.91 Å². The minimum atomic E-state index is -0.216. The van der Waals surface area contributed by atoms with Crippen LogP contribution in [0.3, 0.4) is 0 Å². The Kier molecular flexibility index (Phi) is 5.29. The molecule has 0 aromatic carbocycles. The van der Waals surface area contributed by atoms with E-state index in [1.54, 1.807) is 13.1 Å². The molecule has 20 heavy (non-hydrogen) atoms. The van der Waals surface area contributed by atoms with E-state index in [0.717, 1.165) is 12.4 Å². The topological polar surface area (TPSA) is 84.1 Å². The normalized spacial score (nSPS) is 15.9. The summed E-state index contributed by atoms with van der Waals surface area (Å²) >= 11 is 0. The van der Waals surface area contributed by atoms with Crippen molar-refractivity contribution in [3.05, 3.63) is 17.8 Å². The molecule has 110 valence electrons. The zero-order valence-corrected chi connectivity index (χ0v) is 12.0. The number of aromatic nitrogens is 2. The monoisotopic (exact) mass is 277 g/mol. The average molecular weight is 277 g/mol. The second-order valence-corrected chi connectivity index (χ2v) is 5.13. The van der Waals surface area contributed by atoms with Crippen molar-refractivity contribution >= 4 is 11.7 Å². The summed E-state index contributed by atoms with van der Waals surface area (Å²) in [6.07, 6.45) is 6.19. The highest BCUT2D eigenvalue weighted by Crippen LogP contribution is 2.25. The summed E-state index contributed by atoms with van der Waals surface area (Å²) in [6, 6.07) is 4.07. The number of hydrogen-bond acceptors (Lipinski definition) is 5. The number of carbonyl (C=O) groups excluding carboxylic acids is 1. The van der Waals surface area contributed by atoms with Crippen LogP contribution in [0.15, 0.2) is 12.1 Å². The molecular weight excluding hydrogens is 254 g/mol. The Morgan fingerprint density at radius 2 is 2.10 bits per heavy atom. The van der Waals surface area contributed by atoms with E-state index in [4.69, 9.17) is 5.73 Å². The van der Waals surface area contributed by atoms with Crippen LogP contribution < -0.4 is 16.0 Å². The number of nitrogens with zero attached hydrogens (tertiary/aromatic N) is 3. The van der Waals surface area contributed by atoms with E-state index in [-0.39, 0.29) is 5.91 Å². The van der Waals surface area contributed by atoms with Gasteiger partial charge in [-0.05, 0) is 25.0 Å². The minimum Gasteiger partial charge on any atom is -0.354 e. The fraction of sp³-hybridized carbons (Fsp3) is 0.643. The first-order valence-corrected chi connectivity index (χ1v) is 7.28. The summed E-state index contributed by atoms with van der Waals surface area (Å²) in [4.78, 5) is 13.7. The van der Waals surface area contributed by atoms with Gasteiger partial charge in [0.2, 0.25) is 0 Å². The molecule has 1 aromatic rings. The number of nitrogens with one attached hydrogen (secondary N) is 1. The SMILES string of the molecule is CNC(=O)c1ccc(N(CCN)C2CCCCC2)nn1. The van der Waals surface area contributed by atoms with Gasteiger partial charge in [0.15, 0.2) is 11.5 Å². The second kappa shape index (κ2) is 7.19. The third kappa shape index (κ3) is 3.45. The number of carbonyl (C=O) groups is 1. The van der Waals surface area contributed by atoms with Crippen LogP contribution in [0.25, 0.3) is 0 Å². The number of amides is 1. The van der Waals surface area contributed by atoms with Crippen LogP contribution in [0.5, 0.6) is 0 Å². The Labute approximate surface area is 119 Å². The van der Waals surface area contributed by atoms with Gasteiger partial charge in [0.05, 0.1) is 0 Å². The highest BCUT2D eigenvalue weighted by Gasteiger charge is 2.22. The molecule has 6 heteroatoms. The molecule has 0 saturated heterocycles. The van der Waals surface area contributed by atoms with Crippen LogP contribution in [0.4, 0.5) is 5.82 Å². The minimum absolute atomic E-state index is 0.216. The molecule has 0 radical (unpaired) electrons. The molecule has 1 aromatic heterocycles. The lowest BCUT2D eigenvalue weighted by Crippen LogP contribution is -2.40. The molecule has 0 bridgehead atoms. The molecule has 0 aliphatic heterocycles.